The smallest absolute Gasteiger partial charge is 0.258 e. The van der Waals surface area contributed by atoms with E-state index in [1.54, 1.807) is 38.3 Å². The fourth-order valence-corrected chi connectivity index (χ4v) is 2.26. The minimum atomic E-state index is -0.0825. The molecule has 5 nitrogen and oxygen atoms in total. The molecule has 0 fully saturated rings. The number of nitrogens with zero attached hydrogens (tertiary/aromatic N) is 2. The lowest BCUT2D eigenvalue weighted by Crippen LogP contribution is -2.26. The molecule has 0 aliphatic rings. The van der Waals surface area contributed by atoms with Crippen LogP contribution in [0, 0.1) is 0 Å². The van der Waals surface area contributed by atoms with E-state index in [1.165, 1.54) is 0 Å². The van der Waals surface area contributed by atoms with Gasteiger partial charge < -0.3 is 19.3 Å². The SMILES string of the molecule is COc1ccc(N(C)C(=O)c2cccc(N(C)C)c2)cc1OC. The molecular formula is C18H22N2O3. The van der Waals surface area contributed by atoms with Gasteiger partial charge in [-0.05, 0) is 30.3 Å². The number of rotatable bonds is 5. The van der Waals surface area contributed by atoms with E-state index in [0.717, 1.165) is 11.4 Å². The van der Waals surface area contributed by atoms with Crippen LogP contribution in [0.2, 0.25) is 0 Å². The molecule has 5 heteroatoms. The third-order valence-corrected chi connectivity index (χ3v) is 3.67. The maximum atomic E-state index is 12.7. The monoisotopic (exact) mass is 314 g/mol. The summed E-state index contributed by atoms with van der Waals surface area (Å²) in [6.45, 7) is 0. The summed E-state index contributed by atoms with van der Waals surface area (Å²) in [6.07, 6.45) is 0. The van der Waals surface area contributed by atoms with Crippen LogP contribution >= 0.6 is 0 Å². The second kappa shape index (κ2) is 7.05. The highest BCUT2D eigenvalue weighted by molar-refractivity contribution is 6.06. The summed E-state index contributed by atoms with van der Waals surface area (Å²) in [5.74, 6) is 1.14. The third kappa shape index (κ3) is 3.56. The Morgan fingerprint density at radius 3 is 2.17 bits per heavy atom. The standard InChI is InChI=1S/C18H22N2O3/c1-19(2)14-8-6-7-13(11-14)18(21)20(3)15-9-10-16(22-4)17(12-15)23-5/h6-12H,1-5H3. The predicted octanol–water partition coefficient (Wildman–Crippen LogP) is 3.05. The van der Waals surface area contributed by atoms with Crippen LogP contribution in [0.5, 0.6) is 11.5 Å². The first-order valence-electron chi connectivity index (χ1n) is 7.25. The normalized spacial score (nSPS) is 10.1. The first-order valence-corrected chi connectivity index (χ1v) is 7.25. The molecule has 122 valence electrons. The molecule has 1 amide bonds. The average molecular weight is 314 g/mol. The highest BCUT2D eigenvalue weighted by Crippen LogP contribution is 2.31. The lowest BCUT2D eigenvalue weighted by atomic mass is 10.1. The summed E-state index contributed by atoms with van der Waals surface area (Å²) in [5.41, 5.74) is 2.35. The molecule has 23 heavy (non-hydrogen) atoms. The van der Waals surface area contributed by atoms with Crippen molar-refractivity contribution in [3.63, 3.8) is 0 Å². The maximum Gasteiger partial charge on any atom is 0.258 e. The van der Waals surface area contributed by atoms with E-state index in [9.17, 15) is 4.79 Å². The highest BCUT2D eigenvalue weighted by atomic mass is 16.5. The van der Waals surface area contributed by atoms with Crippen molar-refractivity contribution in [3.8, 4) is 11.5 Å². The van der Waals surface area contributed by atoms with Crippen molar-refractivity contribution in [2.75, 3.05) is 45.2 Å². The van der Waals surface area contributed by atoms with Gasteiger partial charge >= 0.3 is 0 Å². The summed E-state index contributed by atoms with van der Waals surface area (Å²) in [7, 11) is 8.79. The number of carbonyl (C=O) groups is 1. The van der Waals surface area contributed by atoms with Crippen LogP contribution in [0.4, 0.5) is 11.4 Å². The van der Waals surface area contributed by atoms with E-state index < -0.39 is 0 Å². The van der Waals surface area contributed by atoms with Gasteiger partial charge in [0.2, 0.25) is 0 Å². The Balaban J connectivity index is 2.31. The van der Waals surface area contributed by atoms with Gasteiger partial charge in [0.05, 0.1) is 14.2 Å². The Bertz CT molecular complexity index is 698. The van der Waals surface area contributed by atoms with E-state index >= 15 is 0 Å². The maximum absolute atomic E-state index is 12.7. The quantitative estimate of drug-likeness (QED) is 0.850. The van der Waals surface area contributed by atoms with Crippen molar-refractivity contribution in [1.82, 2.24) is 0 Å². The van der Waals surface area contributed by atoms with Crippen LogP contribution in [-0.2, 0) is 0 Å². The summed E-state index contributed by atoms with van der Waals surface area (Å²) >= 11 is 0. The largest absolute Gasteiger partial charge is 0.493 e. The molecule has 2 aromatic rings. The van der Waals surface area contributed by atoms with E-state index in [-0.39, 0.29) is 5.91 Å². The van der Waals surface area contributed by atoms with Crippen molar-refractivity contribution in [2.24, 2.45) is 0 Å². The van der Waals surface area contributed by atoms with Gasteiger partial charge in [-0.2, -0.15) is 0 Å². The van der Waals surface area contributed by atoms with Crippen LogP contribution < -0.4 is 19.3 Å². The molecule has 0 spiro atoms. The number of methoxy groups -OCH3 is 2. The van der Waals surface area contributed by atoms with Gasteiger partial charge in [0.1, 0.15) is 0 Å². The number of carbonyl (C=O) groups excluding carboxylic acids is 1. The topological polar surface area (TPSA) is 42.0 Å². The molecule has 0 bridgehead atoms. The van der Waals surface area contributed by atoms with Crippen molar-refractivity contribution in [2.45, 2.75) is 0 Å². The molecule has 0 atom stereocenters. The molecule has 2 rings (SSSR count). The Kier molecular flexibility index (Phi) is 5.11. The molecule has 0 saturated carbocycles. The second-order valence-corrected chi connectivity index (χ2v) is 5.35. The average Bonchev–Trinajstić information content (AvgIpc) is 2.59. The van der Waals surface area contributed by atoms with Crippen LogP contribution in [-0.4, -0.2) is 41.3 Å². The predicted molar refractivity (Wildman–Crippen MR) is 93.0 cm³/mol. The molecule has 0 heterocycles. The Morgan fingerprint density at radius 2 is 1.57 bits per heavy atom. The molecule has 0 unspecified atom stereocenters. The summed E-state index contributed by atoms with van der Waals surface area (Å²) < 4.78 is 10.5. The van der Waals surface area contributed by atoms with Gasteiger partial charge in [0.15, 0.2) is 11.5 Å². The molecule has 0 radical (unpaired) electrons. The van der Waals surface area contributed by atoms with Gasteiger partial charge in [0.25, 0.3) is 5.91 Å². The fraction of sp³-hybridized carbons (Fsp3) is 0.278. The lowest BCUT2D eigenvalue weighted by molar-refractivity contribution is 0.0993. The third-order valence-electron chi connectivity index (χ3n) is 3.67. The van der Waals surface area contributed by atoms with Gasteiger partial charge in [-0.3, -0.25) is 4.79 Å². The van der Waals surface area contributed by atoms with E-state index in [1.807, 2.05) is 49.3 Å². The minimum absolute atomic E-state index is 0.0825. The van der Waals surface area contributed by atoms with Crippen LogP contribution in [0.25, 0.3) is 0 Å². The Hall–Kier alpha value is -2.69. The van der Waals surface area contributed by atoms with Crippen molar-refractivity contribution < 1.29 is 14.3 Å². The number of anilines is 2. The van der Waals surface area contributed by atoms with E-state index in [0.29, 0.717) is 17.1 Å². The molecule has 0 N–H and O–H groups in total. The molecular weight excluding hydrogens is 292 g/mol. The highest BCUT2D eigenvalue weighted by Gasteiger charge is 2.16. The zero-order valence-corrected chi connectivity index (χ0v) is 14.2. The fourth-order valence-electron chi connectivity index (χ4n) is 2.26. The van der Waals surface area contributed by atoms with Gasteiger partial charge in [-0.25, -0.2) is 0 Å². The molecule has 0 aliphatic carbocycles. The Labute approximate surface area is 137 Å². The lowest BCUT2D eigenvalue weighted by Gasteiger charge is -2.20. The number of hydrogen-bond acceptors (Lipinski definition) is 4. The van der Waals surface area contributed by atoms with Crippen LogP contribution in [0.3, 0.4) is 0 Å². The second-order valence-electron chi connectivity index (χ2n) is 5.35. The van der Waals surface area contributed by atoms with Crippen LogP contribution in [0.1, 0.15) is 10.4 Å². The van der Waals surface area contributed by atoms with Gasteiger partial charge in [0, 0.05) is 44.1 Å². The van der Waals surface area contributed by atoms with Gasteiger partial charge in [-0.1, -0.05) is 6.07 Å². The van der Waals surface area contributed by atoms with E-state index in [2.05, 4.69) is 0 Å². The van der Waals surface area contributed by atoms with Crippen molar-refractivity contribution in [1.29, 1.82) is 0 Å². The molecule has 2 aromatic carbocycles. The number of amides is 1. The van der Waals surface area contributed by atoms with Gasteiger partial charge in [-0.15, -0.1) is 0 Å². The first-order chi connectivity index (χ1) is 11.0. The Morgan fingerprint density at radius 1 is 0.870 bits per heavy atom. The summed E-state index contributed by atoms with van der Waals surface area (Å²) in [5, 5.41) is 0. The molecule has 0 saturated heterocycles. The van der Waals surface area contributed by atoms with Crippen molar-refractivity contribution >= 4 is 17.3 Å². The van der Waals surface area contributed by atoms with Crippen LogP contribution in [0.15, 0.2) is 42.5 Å². The summed E-state index contributed by atoms with van der Waals surface area (Å²) in [6, 6.07) is 12.9. The molecule has 0 aliphatic heterocycles. The minimum Gasteiger partial charge on any atom is -0.493 e. The van der Waals surface area contributed by atoms with E-state index in [4.69, 9.17) is 9.47 Å². The van der Waals surface area contributed by atoms with Crippen molar-refractivity contribution in [3.05, 3.63) is 48.0 Å². The zero-order chi connectivity index (χ0) is 17.0. The summed E-state index contributed by atoms with van der Waals surface area (Å²) in [4.78, 5) is 16.3. The molecule has 0 aromatic heterocycles. The number of benzene rings is 2. The number of hydrogen-bond donors (Lipinski definition) is 0. The first kappa shape index (κ1) is 16.7. The number of ether oxygens (including phenoxy) is 2. The zero-order valence-electron chi connectivity index (χ0n) is 14.2.